The van der Waals surface area contributed by atoms with Crippen molar-refractivity contribution in [3.8, 4) is 0 Å². The van der Waals surface area contributed by atoms with Gasteiger partial charge in [0.2, 0.25) is 0 Å². The lowest BCUT2D eigenvalue weighted by molar-refractivity contribution is -0.166. The van der Waals surface area contributed by atoms with E-state index in [1.807, 2.05) is 12.2 Å². The maximum atomic E-state index is 12.7. The Bertz CT molecular complexity index is 1400. The zero-order chi connectivity index (χ0) is 47.2. The predicted molar refractivity (Wildman–Crippen MR) is 279 cm³/mol. The second-order valence-corrected chi connectivity index (χ2v) is 16.7. The third-order valence-corrected chi connectivity index (χ3v) is 10.5. The van der Waals surface area contributed by atoms with Crippen LogP contribution in [0.1, 0.15) is 213 Å². The van der Waals surface area contributed by atoms with Crippen LogP contribution in [0, 0.1) is 0 Å². The van der Waals surface area contributed by atoms with E-state index in [-0.39, 0.29) is 38.0 Å². The summed E-state index contributed by atoms with van der Waals surface area (Å²) in [6.07, 6.45) is 72.0. The Balaban J connectivity index is 4.53. The topological polar surface area (TPSA) is 78.9 Å². The number of esters is 3. The molecule has 0 rings (SSSR count). The van der Waals surface area contributed by atoms with Crippen molar-refractivity contribution in [3.05, 3.63) is 122 Å². The molecule has 0 aromatic carbocycles. The number of ether oxygens (including phenoxy) is 3. The van der Waals surface area contributed by atoms with Gasteiger partial charge in [-0.15, -0.1) is 0 Å². The molecular formula is C59H94O6. The van der Waals surface area contributed by atoms with Gasteiger partial charge in [-0.25, -0.2) is 0 Å². The molecule has 65 heavy (non-hydrogen) atoms. The quantitative estimate of drug-likeness (QED) is 0.0262. The van der Waals surface area contributed by atoms with E-state index in [1.165, 1.54) is 64.2 Å². The van der Waals surface area contributed by atoms with Gasteiger partial charge in [0, 0.05) is 19.3 Å². The van der Waals surface area contributed by atoms with Gasteiger partial charge in [0.05, 0.1) is 0 Å². The molecule has 0 N–H and O–H groups in total. The molecular weight excluding hydrogens is 805 g/mol. The van der Waals surface area contributed by atoms with Gasteiger partial charge in [-0.1, -0.05) is 219 Å². The van der Waals surface area contributed by atoms with Gasteiger partial charge in [0.25, 0.3) is 0 Å². The molecule has 0 spiro atoms. The van der Waals surface area contributed by atoms with Gasteiger partial charge < -0.3 is 14.2 Å². The Kier molecular flexibility index (Phi) is 49.1. The summed E-state index contributed by atoms with van der Waals surface area (Å²) < 4.78 is 16.7. The molecule has 0 aliphatic rings. The summed E-state index contributed by atoms with van der Waals surface area (Å²) in [5.74, 6) is -1.06. The molecule has 6 heteroatoms. The number of hydrogen-bond acceptors (Lipinski definition) is 6. The molecule has 0 saturated carbocycles. The van der Waals surface area contributed by atoms with E-state index in [9.17, 15) is 14.4 Å². The fourth-order valence-corrected chi connectivity index (χ4v) is 6.63. The summed E-state index contributed by atoms with van der Waals surface area (Å²) in [6.45, 7) is 6.29. The first kappa shape index (κ1) is 60.8. The molecule has 0 radical (unpaired) electrons. The van der Waals surface area contributed by atoms with Crippen LogP contribution in [0.4, 0.5) is 0 Å². The largest absolute Gasteiger partial charge is 0.462 e. The summed E-state index contributed by atoms with van der Waals surface area (Å²) in [5, 5.41) is 0. The lowest BCUT2D eigenvalue weighted by Gasteiger charge is -2.18. The van der Waals surface area contributed by atoms with Crippen LogP contribution in [-0.2, 0) is 28.6 Å². The fourth-order valence-electron chi connectivity index (χ4n) is 6.63. The molecule has 366 valence electrons. The second-order valence-electron chi connectivity index (χ2n) is 16.7. The summed E-state index contributed by atoms with van der Waals surface area (Å²) in [5.41, 5.74) is 0. The highest BCUT2D eigenvalue weighted by atomic mass is 16.6. The van der Waals surface area contributed by atoms with Crippen LogP contribution < -0.4 is 0 Å². The maximum Gasteiger partial charge on any atom is 0.306 e. The SMILES string of the molecule is CC/C=C\C/C=C\C/C=C\C/C=C\C/C=C\C/C=C\CCCCC(=O)OCC(COC(=O)CCCCCCCCCCCCCCC)OC(=O)CC/C=C\C/C=C\C/C=C\C/C=C\CC. The standard InChI is InChI=1S/C59H94O6/c1-4-7-10-13-16-19-22-25-26-27-28-29-30-31-32-35-37-40-43-46-49-52-58(61)64-55-56(65-59(62)53-50-47-44-41-38-34-24-21-18-15-12-9-6-3)54-63-57(60)51-48-45-42-39-36-33-23-20-17-14-11-8-5-2/h7,9-10,12,16,18-19,21,25-26,28-29,31-32,34,37-38,40,44,47,56H,4-6,8,11,13-15,17,20,22-24,27,30,33,35-36,39,41-43,45-46,48-55H2,1-3H3/b10-7-,12-9-,19-16-,21-18-,26-25-,29-28-,32-31-,38-34-,40-37-,47-44-. The smallest absolute Gasteiger partial charge is 0.306 e. The Morgan fingerprint density at radius 3 is 1.00 bits per heavy atom. The van der Waals surface area contributed by atoms with Crippen molar-refractivity contribution in [2.24, 2.45) is 0 Å². The molecule has 0 heterocycles. The highest BCUT2D eigenvalue weighted by molar-refractivity contribution is 5.71. The van der Waals surface area contributed by atoms with Crippen LogP contribution in [0.2, 0.25) is 0 Å². The Labute approximate surface area is 399 Å². The average Bonchev–Trinajstić information content (AvgIpc) is 3.30. The van der Waals surface area contributed by atoms with Crippen LogP contribution in [0.3, 0.4) is 0 Å². The van der Waals surface area contributed by atoms with Crippen LogP contribution in [0.15, 0.2) is 122 Å². The first-order chi connectivity index (χ1) is 32.0. The van der Waals surface area contributed by atoms with Gasteiger partial charge in [0.1, 0.15) is 13.2 Å². The van der Waals surface area contributed by atoms with Crippen molar-refractivity contribution in [1.82, 2.24) is 0 Å². The predicted octanol–water partition coefficient (Wildman–Crippen LogP) is 17.3. The number of unbranched alkanes of at least 4 members (excludes halogenated alkanes) is 14. The fraction of sp³-hybridized carbons (Fsp3) is 0.610. The van der Waals surface area contributed by atoms with Crippen molar-refractivity contribution in [3.63, 3.8) is 0 Å². The molecule has 0 bridgehead atoms. The normalized spacial score (nSPS) is 13.1. The van der Waals surface area contributed by atoms with Crippen molar-refractivity contribution < 1.29 is 28.6 Å². The summed E-state index contributed by atoms with van der Waals surface area (Å²) in [7, 11) is 0. The zero-order valence-electron chi connectivity index (χ0n) is 41.7. The summed E-state index contributed by atoms with van der Waals surface area (Å²) >= 11 is 0. The second kappa shape index (κ2) is 52.4. The van der Waals surface area contributed by atoms with E-state index < -0.39 is 12.1 Å². The lowest BCUT2D eigenvalue weighted by Crippen LogP contribution is -2.30. The van der Waals surface area contributed by atoms with Crippen molar-refractivity contribution in [1.29, 1.82) is 0 Å². The molecule has 0 aromatic heterocycles. The number of rotatable bonds is 45. The monoisotopic (exact) mass is 899 g/mol. The van der Waals surface area contributed by atoms with Crippen LogP contribution >= 0.6 is 0 Å². The highest BCUT2D eigenvalue weighted by Crippen LogP contribution is 2.14. The molecule has 0 aromatic rings. The van der Waals surface area contributed by atoms with Crippen molar-refractivity contribution in [2.75, 3.05) is 13.2 Å². The summed E-state index contributed by atoms with van der Waals surface area (Å²) in [4.78, 5) is 37.9. The molecule has 0 aliphatic heterocycles. The minimum Gasteiger partial charge on any atom is -0.462 e. The maximum absolute atomic E-state index is 12.7. The van der Waals surface area contributed by atoms with E-state index in [1.54, 1.807) is 0 Å². The lowest BCUT2D eigenvalue weighted by atomic mass is 10.0. The van der Waals surface area contributed by atoms with E-state index in [2.05, 4.69) is 130 Å². The average molecular weight is 899 g/mol. The first-order valence-corrected chi connectivity index (χ1v) is 26.0. The van der Waals surface area contributed by atoms with Gasteiger partial charge in [-0.3, -0.25) is 14.4 Å². The van der Waals surface area contributed by atoms with Gasteiger partial charge in [-0.05, 0) is 96.3 Å². The molecule has 1 unspecified atom stereocenters. The number of hydrogen-bond donors (Lipinski definition) is 0. The Morgan fingerprint density at radius 2 is 0.631 bits per heavy atom. The number of carbonyl (C=O) groups excluding carboxylic acids is 3. The molecule has 1 atom stereocenters. The van der Waals surface area contributed by atoms with Gasteiger partial charge in [0.15, 0.2) is 6.10 Å². The van der Waals surface area contributed by atoms with Crippen LogP contribution in [0.25, 0.3) is 0 Å². The Morgan fingerprint density at radius 1 is 0.323 bits per heavy atom. The first-order valence-electron chi connectivity index (χ1n) is 26.0. The minimum atomic E-state index is -0.835. The molecule has 0 aliphatic carbocycles. The molecule has 0 fully saturated rings. The van der Waals surface area contributed by atoms with E-state index in [0.29, 0.717) is 19.3 Å². The van der Waals surface area contributed by atoms with E-state index >= 15 is 0 Å². The summed E-state index contributed by atoms with van der Waals surface area (Å²) in [6, 6.07) is 0. The van der Waals surface area contributed by atoms with Crippen LogP contribution in [0.5, 0.6) is 0 Å². The van der Waals surface area contributed by atoms with Crippen molar-refractivity contribution >= 4 is 17.9 Å². The van der Waals surface area contributed by atoms with Gasteiger partial charge in [-0.2, -0.15) is 0 Å². The Hall–Kier alpha value is -4.19. The minimum absolute atomic E-state index is 0.122. The molecule has 0 saturated heterocycles. The van der Waals surface area contributed by atoms with E-state index in [4.69, 9.17) is 14.2 Å². The van der Waals surface area contributed by atoms with Crippen LogP contribution in [-0.4, -0.2) is 37.2 Å². The zero-order valence-corrected chi connectivity index (χ0v) is 41.7. The number of allylic oxidation sites excluding steroid dienone is 20. The molecule has 0 amide bonds. The van der Waals surface area contributed by atoms with Crippen molar-refractivity contribution in [2.45, 2.75) is 219 Å². The highest BCUT2D eigenvalue weighted by Gasteiger charge is 2.19. The molecule has 6 nitrogen and oxygen atoms in total. The third kappa shape index (κ3) is 50.7. The third-order valence-electron chi connectivity index (χ3n) is 10.5. The van der Waals surface area contributed by atoms with E-state index in [0.717, 1.165) is 96.3 Å². The van der Waals surface area contributed by atoms with Gasteiger partial charge >= 0.3 is 17.9 Å². The number of carbonyl (C=O) groups is 3.